The molecule has 1 aromatic heterocycles. The Morgan fingerprint density at radius 3 is 2.08 bits per heavy atom. The van der Waals surface area contributed by atoms with Crippen molar-refractivity contribution in [2.45, 2.75) is 26.2 Å². The van der Waals surface area contributed by atoms with Crippen LogP contribution in [0.25, 0.3) is 0 Å². The predicted octanol–water partition coefficient (Wildman–Crippen LogP) is 1.44. The molecule has 0 aliphatic heterocycles. The monoisotopic (exact) mass is 171 g/mol. The normalized spacial score (nSPS) is 12.1. The highest BCUT2D eigenvalue weighted by molar-refractivity contribution is 5.35. The summed E-state index contributed by atoms with van der Waals surface area (Å²) in [4.78, 5) is 0. The molecule has 0 aliphatic rings. The van der Waals surface area contributed by atoms with Gasteiger partial charge in [0.25, 0.3) is 0 Å². The highest BCUT2D eigenvalue weighted by Crippen LogP contribution is 2.26. The molecule has 68 valence electrons. The fourth-order valence-electron chi connectivity index (χ4n) is 0.990. The number of nitrogens with two attached hydrogens (primary N) is 1. The van der Waals surface area contributed by atoms with E-state index in [4.69, 9.17) is 5.73 Å². The molecule has 1 rings (SSSR count). The lowest BCUT2D eigenvalue weighted by atomic mass is 9.92. The van der Waals surface area contributed by atoms with Gasteiger partial charge < -0.3 is 5.73 Å². The number of hydrogen-bond acceptors (Lipinski definition) is 2. The second-order valence-corrected chi connectivity index (χ2v) is 3.92. The molecule has 4 heteroatoms. The number of anilines is 1. The lowest BCUT2D eigenvalue weighted by Gasteiger charge is -2.14. The first-order chi connectivity index (χ1) is 5.34. The quantitative estimate of drug-likeness (QED) is 0.642. The largest absolute Gasteiger partial charge is 0.381 e. The molecular weight excluding hydrogens is 157 g/mol. The molecule has 0 spiro atoms. The standard InChI is InChI=1S/C8H14FN3/c1-8(2,3)6-5(9)7(10)12(4)11-6/h10H2,1-4H3. The van der Waals surface area contributed by atoms with Gasteiger partial charge in [-0.05, 0) is 0 Å². The number of nitrogen functional groups attached to an aromatic ring is 1. The Morgan fingerprint density at radius 2 is 1.92 bits per heavy atom. The molecular formula is C8H14FN3. The maximum Gasteiger partial charge on any atom is 0.188 e. The van der Waals surface area contributed by atoms with Crippen LogP contribution >= 0.6 is 0 Å². The molecule has 1 heterocycles. The molecule has 1 aromatic rings. The molecule has 0 radical (unpaired) electrons. The average molecular weight is 171 g/mol. The van der Waals surface area contributed by atoms with Crippen LogP contribution in [0.5, 0.6) is 0 Å². The molecule has 0 aromatic carbocycles. The van der Waals surface area contributed by atoms with Crippen molar-refractivity contribution in [3.05, 3.63) is 11.5 Å². The SMILES string of the molecule is Cn1nc(C(C)(C)C)c(F)c1N. The Morgan fingerprint density at radius 1 is 1.42 bits per heavy atom. The number of aryl methyl sites for hydroxylation is 1. The maximum absolute atomic E-state index is 13.3. The van der Waals surface area contributed by atoms with Crippen LogP contribution in [0, 0.1) is 5.82 Å². The van der Waals surface area contributed by atoms with Crippen molar-refractivity contribution >= 4 is 5.82 Å². The lowest BCUT2D eigenvalue weighted by Crippen LogP contribution is -2.14. The zero-order chi connectivity index (χ0) is 9.52. The van der Waals surface area contributed by atoms with E-state index in [0.717, 1.165) is 0 Å². The summed E-state index contributed by atoms with van der Waals surface area (Å²) >= 11 is 0. The highest BCUT2D eigenvalue weighted by Gasteiger charge is 2.24. The molecule has 0 saturated carbocycles. The number of halogens is 1. The molecule has 0 amide bonds. The molecule has 2 N–H and O–H groups in total. The first kappa shape index (κ1) is 9.03. The fourth-order valence-corrected chi connectivity index (χ4v) is 0.990. The Labute approximate surface area is 71.4 Å². The Balaban J connectivity index is 3.28. The zero-order valence-corrected chi connectivity index (χ0v) is 7.85. The minimum Gasteiger partial charge on any atom is -0.381 e. The van der Waals surface area contributed by atoms with E-state index in [1.807, 2.05) is 20.8 Å². The van der Waals surface area contributed by atoms with Gasteiger partial charge in [-0.1, -0.05) is 20.8 Å². The van der Waals surface area contributed by atoms with E-state index in [0.29, 0.717) is 5.69 Å². The molecule has 12 heavy (non-hydrogen) atoms. The van der Waals surface area contributed by atoms with Gasteiger partial charge in [-0.15, -0.1) is 0 Å². The minimum atomic E-state index is -0.398. The van der Waals surface area contributed by atoms with E-state index in [-0.39, 0.29) is 11.2 Å². The maximum atomic E-state index is 13.3. The summed E-state index contributed by atoms with van der Waals surface area (Å²) in [5, 5.41) is 4.00. The van der Waals surface area contributed by atoms with Crippen LogP contribution in [-0.4, -0.2) is 9.78 Å². The minimum absolute atomic E-state index is 0.0972. The van der Waals surface area contributed by atoms with Crippen LogP contribution in [0.4, 0.5) is 10.2 Å². The molecule has 0 saturated heterocycles. The number of rotatable bonds is 0. The zero-order valence-electron chi connectivity index (χ0n) is 7.85. The van der Waals surface area contributed by atoms with Gasteiger partial charge in [0.15, 0.2) is 11.6 Å². The molecule has 0 unspecified atom stereocenters. The third kappa shape index (κ3) is 1.29. The van der Waals surface area contributed by atoms with Crippen molar-refractivity contribution in [2.24, 2.45) is 7.05 Å². The van der Waals surface area contributed by atoms with Crippen molar-refractivity contribution in [2.75, 3.05) is 5.73 Å². The number of nitrogens with zero attached hydrogens (tertiary/aromatic N) is 2. The van der Waals surface area contributed by atoms with E-state index in [1.165, 1.54) is 4.68 Å². The van der Waals surface area contributed by atoms with E-state index in [2.05, 4.69) is 5.10 Å². The van der Waals surface area contributed by atoms with E-state index >= 15 is 0 Å². The van der Waals surface area contributed by atoms with Crippen LogP contribution in [0.2, 0.25) is 0 Å². The van der Waals surface area contributed by atoms with Gasteiger partial charge in [0.05, 0.1) is 0 Å². The van der Waals surface area contributed by atoms with Crippen LogP contribution in [0.3, 0.4) is 0 Å². The third-order valence-corrected chi connectivity index (χ3v) is 1.74. The van der Waals surface area contributed by atoms with Crippen molar-refractivity contribution in [3.8, 4) is 0 Å². The molecule has 0 bridgehead atoms. The average Bonchev–Trinajstić information content (AvgIpc) is 2.15. The van der Waals surface area contributed by atoms with E-state index in [1.54, 1.807) is 7.05 Å². The van der Waals surface area contributed by atoms with Crippen LogP contribution in [0.1, 0.15) is 26.5 Å². The van der Waals surface area contributed by atoms with E-state index < -0.39 is 5.82 Å². The summed E-state index contributed by atoms with van der Waals surface area (Å²) in [7, 11) is 1.63. The van der Waals surface area contributed by atoms with Crippen LogP contribution in [0.15, 0.2) is 0 Å². The van der Waals surface area contributed by atoms with Gasteiger partial charge in [-0.25, -0.2) is 4.39 Å². The fraction of sp³-hybridized carbons (Fsp3) is 0.625. The third-order valence-electron chi connectivity index (χ3n) is 1.74. The van der Waals surface area contributed by atoms with Crippen LogP contribution < -0.4 is 5.73 Å². The van der Waals surface area contributed by atoms with Gasteiger partial charge in [-0.3, -0.25) is 4.68 Å². The molecule has 0 atom stereocenters. The van der Waals surface area contributed by atoms with Crippen molar-refractivity contribution < 1.29 is 4.39 Å². The predicted molar refractivity (Wildman–Crippen MR) is 46.3 cm³/mol. The smallest absolute Gasteiger partial charge is 0.188 e. The van der Waals surface area contributed by atoms with Gasteiger partial charge in [-0.2, -0.15) is 5.10 Å². The van der Waals surface area contributed by atoms with Gasteiger partial charge in [0, 0.05) is 12.5 Å². The summed E-state index contributed by atoms with van der Waals surface area (Å²) in [6.45, 7) is 5.70. The summed E-state index contributed by atoms with van der Waals surface area (Å²) in [5.74, 6) is -0.301. The summed E-state index contributed by atoms with van der Waals surface area (Å²) < 4.78 is 14.7. The first-order valence-electron chi connectivity index (χ1n) is 3.82. The lowest BCUT2D eigenvalue weighted by molar-refractivity contribution is 0.509. The molecule has 0 aliphatic carbocycles. The number of hydrogen-bond donors (Lipinski definition) is 1. The van der Waals surface area contributed by atoms with Crippen molar-refractivity contribution in [1.29, 1.82) is 0 Å². The first-order valence-corrected chi connectivity index (χ1v) is 3.82. The van der Waals surface area contributed by atoms with Crippen molar-refractivity contribution in [1.82, 2.24) is 9.78 Å². The topological polar surface area (TPSA) is 43.8 Å². The summed E-state index contributed by atoms with van der Waals surface area (Å²) in [5.41, 5.74) is 5.55. The summed E-state index contributed by atoms with van der Waals surface area (Å²) in [6.07, 6.45) is 0. The van der Waals surface area contributed by atoms with Gasteiger partial charge in [0.2, 0.25) is 0 Å². The number of aromatic nitrogens is 2. The van der Waals surface area contributed by atoms with Crippen LogP contribution in [-0.2, 0) is 12.5 Å². The second-order valence-electron chi connectivity index (χ2n) is 3.92. The highest BCUT2D eigenvalue weighted by atomic mass is 19.1. The Hall–Kier alpha value is -1.06. The molecule has 0 fully saturated rings. The Bertz CT molecular complexity index is 296. The molecule has 3 nitrogen and oxygen atoms in total. The van der Waals surface area contributed by atoms with E-state index in [9.17, 15) is 4.39 Å². The summed E-state index contributed by atoms with van der Waals surface area (Å²) in [6, 6.07) is 0. The van der Waals surface area contributed by atoms with Crippen molar-refractivity contribution in [3.63, 3.8) is 0 Å². The van der Waals surface area contributed by atoms with Gasteiger partial charge >= 0.3 is 0 Å². The Kier molecular flexibility index (Phi) is 1.86. The van der Waals surface area contributed by atoms with Gasteiger partial charge in [0.1, 0.15) is 5.69 Å². The second kappa shape index (κ2) is 2.47.